The summed E-state index contributed by atoms with van der Waals surface area (Å²) < 4.78 is 2.33. The third-order valence-corrected chi connectivity index (χ3v) is 6.98. The Kier molecular flexibility index (Phi) is 5.61. The van der Waals surface area contributed by atoms with Crippen molar-refractivity contribution in [2.45, 2.75) is 31.7 Å². The zero-order valence-electron chi connectivity index (χ0n) is 19.3. The minimum atomic E-state index is -0.797. The Hall–Kier alpha value is -3.86. The molecule has 4 aromatic heterocycles. The summed E-state index contributed by atoms with van der Waals surface area (Å²) in [5.74, 6) is 1.03. The lowest BCUT2D eigenvalue weighted by Crippen LogP contribution is -2.48. The highest BCUT2D eigenvalue weighted by Crippen LogP contribution is 2.37. The SMILES string of the molecule is O=C(O)CN1CCN(c2ccc(Nc3ncc4c5ccncc5n(C5CCCC5)c4n3)nn2)CC1. The number of nitrogens with one attached hydrogen (secondary N) is 1. The highest BCUT2D eigenvalue weighted by atomic mass is 16.4. The van der Waals surface area contributed by atoms with Crippen LogP contribution < -0.4 is 10.2 Å². The van der Waals surface area contributed by atoms with Gasteiger partial charge in [0.15, 0.2) is 11.6 Å². The summed E-state index contributed by atoms with van der Waals surface area (Å²) in [7, 11) is 0. The lowest BCUT2D eigenvalue weighted by atomic mass is 10.2. The Bertz CT molecular complexity index is 1360. The smallest absolute Gasteiger partial charge is 0.317 e. The van der Waals surface area contributed by atoms with Gasteiger partial charge in [0.05, 0.1) is 18.3 Å². The van der Waals surface area contributed by atoms with Gasteiger partial charge in [-0.05, 0) is 31.0 Å². The number of hydrogen-bond donors (Lipinski definition) is 2. The van der Waals surface area contributed by atoms with Crippen molar-refractivity contribution in [1.29, 1.82) is 0 Å². The third kappa shape index (κ3) is 4.23. The number of rotatable bonds is 6. The van der Waals surface area contributed by atoms with Gasteiger partial charge < -0.3 is 19.9 Å². The third-order valence-electron chi connectivity index (χ3n) is 6.98. The van der Waals surface area contributed by atoms with Gasteiger partial charge in [-0.3, -0.25) is 14.7 Å². The maximum atomic E-state index is 10.9. The fourth-order valence-corrected chi connectivity index (χ4v) is 5.26. The van der Waals surface area contributed by atoms with Gasteiger partial charge in [-0.1, -0.05) is 12.8 Å². The van der Waals surface area contributed by atoms with Gasteiger partial charge >= 0.3 is 5.97 Å². The molecular weight excluding hydrogens is 446 g/mol. The van der Waals surface area contributed by atoms with E-state index in [0.717, 1.165) is 53.7 Å². The van der Waals surface area contributed by atoms with Crippen LogP contribution in [0, 0.1) is 0 Å². The molecule has 1 aliphatic carbocycles. The average molecular weight is 474 g/mol. The maximum absolute atomic E-state index is 10.9. The summed E-state index contributed by atoms with van der Waals surface area (Å²) in [4.78, 5) is 28.7. The number of carboxylic acid groups (broad SMARTS) is 1. The molecule has 0 atom stereocenters. The van der Waals surface area contributed by atoms with Crippen molar-refractivity contribution >= 4 is 45.5 Å². The fourth-order valence-electron chi connectivity index (χ4n) is 5.26. The molecule has 2 N–H and O–H groups in total. The number of pyridine rings is 1. The molecule has 1 saturated carbocycles. The van der Waals surface area contributed by atoms with Crippen LogP contribution in [0.25, 0.3) is 21.9 Å². The molecule has 0 unspecified atom stereocenters. The zero-order chi connectivity index (χ0) is 23.8. The van der Waals surface area contributed by atoms with Crippen molar-refractivity contribution in [3.63, 3.8) is 0 Å². The number of nitrogens with zero attached hydrogens (tertiary/aromatic N) is 8. The Morgan fingerprint density at radius 2 is 1.86 bits per heavy atom. The molecule has 2 fully saturated rings. The van der Waals surface area contributed by atoms with Crippen LogP contribution in [-0.4, -0.2) is 78.4 Å². The second kappa shape index (κ2) is 9.06. The second-order valence-corrected chi connectivity index (χ2v) is 9.19. The van der Waals surface area contributed by atoms with Gasteiger partial charge in [0, 0.05) is 55.4 Å². The van der Waals surface area contributed by atoms with Crippen LogP contribution >= 0.6 is 0 Å². The topological polar surface area (TPSA) is 125 Å². The van der Waals surface area contributed by atoms with E-state index in [0.29, 0.717) is 30.9 Å². The number of fused-ring (bicyclic) bond motifs is 3. The van der Waals surface area contributed by atoms with E-state index < -0.39 is 5.97 Å². The van der Waals surface area contributed by atoms with Crippen molar-refractivity contribution in [2.24, 2.45) is 0 Å². The van der Waals surface area contributed by atoms with Gasteiger partial charge in [0.2, 0.25) is 5.95 Å². The van der Waals surface area contributed by atoms with Crippen LogP contribution in [0.2, 0.25) is 0 Å². The number of hydrogen-bond acceptors (Lipinski definition) is 9. The van der Waals surface area contributed by atoms with Crippen LogP contribution in [0.4, 0.5) is 17.6 Å². The molecule has 1 saturated heterocycles. The molecule has 5 heterocycles. The van der Waals surface area contributed by atoms with Crippen LogP contribution in [0.1, 0.15) is 31.7 Å². The zero-order valence-corrected chi connectivity index (χ0v) is 19.3. The first-order chi connectivity index (χ1) is 17.2. The number of carboxylic acids is 1. The molecule has 11 nitrogen and oxygen atoms in total. The van der Waals surface area contributed by atoms with E-state index in [1.165, 1.54) is 12.8 Å². The van der Waals surface area contributed by atoms with E-state index in [1.807, 2.05) is 41.7 Å². The van der Waals surface area contributed by atoms with Gasteiger partial charge in [0.1, 0.15) is 5.65 Å². The lowest BCUT2D eigenvalue weighted by Gasteiger charge is -2.34. The van der Waals surface area contributed by atoms with Crippen molar-refractivity contribution < 1.29 is 9.90 Å². The molecule has 2 aliphatic rings. The van der Waals surface area contributed by atoms with E-state index in [-0.39, 0.29) is 6.54 Å². The second-order valence-electron chi connectivity index (χ2n) is 9.19. The molecule has 6 rings (SSSR count). The highest BCUT2D eigenvalue weighted by molar-refractivity contribution is 6.06. The predicted molar refractivity (Wildman–Crippen MR) is 132 cm³/mol. The Morgan fingerprint density at radius 1 is 1.03 bits per heavy atom. The first kappa shape index (κ1) is 21.7. The molecule has 35 heavy (non-hydrogen) atoms. The first-order valence-electron chi connectivity index (χ1n) is 12.1. The van der Waals surface area contributed by atoms with Crippen LogP contribution in [0.3, 0.4) is 0 Å². The van der Waals surface area contributed by atoms with Crippen molar-refractivity contribution in [2.75, 3.05) is 42.9 Å². The van der Waals surface area contributed by atoms with Crippen LogP contribution in [0.5, 0.6) is 0 Å². The van der Waals surface area contributed by atoms with E-state index in [9.17, 15) is 4.79 Å². The molecule has 4 aromatic rings. The maximum Gasteiger partial charge on any atom is 0.317 e. The number of anilines is 3. The number of aromatic nitrogens is 6. The molecular formula is C24H27N9O2. The minimum Gasteiger partial charge on any atom is -0.480 e. The number of piperazine rings is 1. The summed E-state index contributed by atoms with van der Waals surface area (Å²) in [6, 6.07) is 6.25. The quantitative estimate of drug-likeness (QED) is 0.432. The van der Waals surface area contributed by atoms with E-state index in [2.05, 4.69) is 34.9 Å². The Morgan fingerprint density at radius 3 is 2.60 bits per heavy atom. The van der Waals surface area contributed by atoms with Crippen molar-refractivity contribution in [1.82, 2.24) is 34.6 Å². The van der Waals surface area contributed by atoms with Gasteiger partial charge in [-0.2, -0.15) is 4.98 Å². The highest BCUT2D eigenvalue weighted by Gasteiger charge is 2.23. The van der Waals surface area contributed by atoms with Crippen LogP contribution in [0.15, 0.2) is 36.8 Å². The largest absolute Gasteiger partial charge is 0.480 e. The monoisotopic (exact) mass is 473 g/mol. The first-order valence-corrected chi connectivity index (χ1v) is 12.1. The molecule has 180 valence electrons. The van der Waals surface area contributed by atoms with E-state index in [4.69, 9.17) is 10.1 Å². The normalized spacial score (nSPS) is 17.4. The Balaban J connectivity index is 1.22. The summed E-state index contributed by atoms with van der Waals surface area (Å²) in [6.45, 7) is 2.88. The molecule has 0 spiro atoms. The predicted octanol–water partition coefficient (Wildman–Crippen LogP) is 2.83. The number of carbonyl (C=O) groups is 1. The summed E-state index contributed by atoms with van der Waals surface area (Å²) >= 11 is 0. The minimum absolute atomic E-state index is 0.0723. The lowest BCUT2D eigenvalue weighted by molar-refractivity contribution is -0.138. The van der Waals surface area contributed by atoms with E-state index >= 15 is 0 Å². The molecule has 0 amide bonds. The fraction of sp³-hybridized carbons (Fsp3) is 0.417. The summed E-state index contributed by atoms with van der Waals surface area (Å²) in [5, 5.41) is 23.0. The summed E-state index contributed by atoms with van der Waals surface area (Å²) in [6.07, 6.45) is 10.4. The molecule has 0 radical (unpaired) electrons. The van der Waals surface area contributed by atoms with E-state index in [1.54, 1.807) is 0 Å². The molecule has 0 bridgehead atoms. The van der Waals surface area contributed by atoms with Crippen molar-refractivity contribution in [3.05, 3.63) is 36.8 Å². The van der Waals surface area contributed by atoms with Crippen molar-refractivity contribution in [3.8, 4) is 0 Å². The summed E-state index contributed by atoms with van der Waals surface area (Å²) in [5.41, 5.74) is 2.02. The average Bonchev–Trinajstić information content (AvgIpc) is 3.50. The molecule has 0 aromatic carbocycles. The van der Waals surface area contributed by atoms with Crippen LogP contribution in [-0.2, 0) is 4.79 Å². The Labute approximate surface area is 201 Å². The van der Waals surface area contributed by atoms with Gasteiger partial charge in [-0.15, -0.1) is 10.2 Å². The standard InChI is InChI=1S/C24H27N9O2/c34-22(35)15-31-9-11-32(12-10-31)21-6-5-20(29-30-21)27-24-26-13-18-17-7-8-25-14-19(17)33(23(18)28-24)16-3-1-2-4-16/h5-8,13-14,16H,1-4,9-12,15H2,(H,34,35)(H,26,27,28,29). The molecule has 11 heteroatoms. The van der Waals surface area contributed by atoms with Gasteiger partial charge in [-0.25, -0.2) is 4.98 Å². The number of aliphatic carboxylic acids is 1. The van der Waals surface area contributed by atoms with Gasteiger partial charge in [0.25, 0.3) is 0 Å². The molecule has 1 aliphatic heterocycles.